The number of aryl methyl sites for hydroxylation is 1. The van der Waals surface area contributed by atoms with Crippen molar-refractivity contribution in [1.82, 2.24) is 10.2 Å². The Morgan fingerprint density at radius 3 is 2.85 bits per heavy atom. The van der Waals surface area contributed by atoms with Crippen LogP contribution in [-0.2, 0) is 4.79 Å². The molecule has 108 valence electrons. The topological polar surface area (TPSA) is 32.3 Å². The van der Waals surface area contributed by atoms with Crippen LogP contribution in [0, 0.1) is 6.92 Å². The molecule has 0 radical (unpaired) electrons. The van der Waals surface area contributed by atoms with Crippen LogP contribution in [0.3, 0.4) is 0 Å². The Morgan fingerprint density at radius 1 is 1.35 bits per heavy atom. The highest BCUT2D eigenvalue weighted by molar-refractivity contribution is 5.83. The zero-order valence-corrected chi connectivity index (χ0v) is 12.4. The standard InChI is InChI=1S/C17H24N2O/c1-12-6-3-4-7-15(12)14-10-13(2)19(11-14)17(20)16-8-5-9-18-16/h3-4,6-7,13-14,16,18H,5,8-11H2,1-2H3/t13-,14+,16-/m0/s1. The Kier molecular flexibility index (Phi) is 3.79. The molecule has 3 heteroatoms. The number of likely N-dealkylation sites (tertiary alicyclic amines) is 1. The lowest BCUT2D eigenvalue weighted by molar-refractivity contribution is -0.133. The van der Waals surface area contributed by atoms with Crippen LogP contribution in [0.4, 0.5) is 0 Å². The molecule has 0 aliphatic carbocycles. The molecular formula is C17H24N2O. The smallest absolute Gasteiger partial charge is 0.239 e. The molecule has 1 N–H and O–H groups in total. The average molecular weight is 272 g/mol. The van der Waals surface area contributed by atoms with Gasteiger partial charge in [-0.1, -0.05) is 24.3 Å². The molecule has 2 fully saturated rings. The monoisotopic (exact) mass is 272 g/mol. The molecule has 3 rings (SSSR count). The molecule has 1 aromatic carbocycles. The van der Waals surface area contributed by atoms with Crippen LogP contribution in [0.15, 0.2) is 24.3 Å². The van der Waals surface area contributed by atoms with Gasteiger partial charge >= 0.3 is 0 Å². The van der Waals surface area contributed by atoms with E-state index < -0.39 is 0 Å². The number of amides is 1. The molecule has 1 aromatic rings. The second kappa shape index (κ2) is 5.57. The van der Waals surface area contributed by atoms with Gasteiger partial charge in [-0.3, -0.25) is 4.79 Å². The summed E-state index contributed by atoms with van der Waals surface area (Å²) in [6, 6.07) is 9.00. The fourth-order valence-electron chi connectivity index (χ4n) is 3.70. The quantitative estimate of drug-likeness (QED) is 0.897. The van der Waals surface area contributed by atoms with E-state index in [4.69, 9.17) is 0 Å². The number of benzene rings is 1. The molecule has 1 amide bonds. The number of hydrogen-bond donors (Lipinski definition) is 1. The maximum Gasteiger partial charge on any atom is 0.239 e. The minimum Gasteiger partial charge on any atom is -0.338 e. The molecule has 3 atom stereocenters. The molecule has 3 nitrogen and oxygen atoms in total. The predicted octanol–water partition coefficient (Wildman–Crippen LogP) is 2.45. The first-order valence-electron chi connectivity index (χ1n) is 7.76. The van der Waals surface area contributed by atoms with Gasteiger partial charge in [0.1, 0.15) is 0 Å². The van der Waals surface area contributed by atoms with Gasteiger partial charge in [0.15, 0.2) is 0 Å². The van der Waals surface area contributed by atoms with E-state index in [1.165, 1.54) is 11.1 Å². The normalized spacial score (nSPS) is 29.9. The summed E-state index contributed by atoms with van der Waals surface area (Å²) >= 11 is 0. The fraction of sp³-hybridized carbons (Fsp3) is 0.588. The predicted molar refractivity (Wildman–Crippen MR) is 80.7 cm³/mol. The van der Waals surface area contributed by atoms with Crippen molar-refractivity contribution in [3.05, 3.63) is 35.4 Å². The highest BCUT2D eigenvalue weighted by atomic mass is 16.2. The Bertz CT molecular complexity index is 494. The molecule has 0 saturated carbocycles. The maximum absolute atomic E-state index is 12.6. The fourth-order valence-corrected chi connectivity index (χ4v) is 3.70. The van der Waals surface area contributed by atoms with Crippen LogP contribution in [0.1, 0.15) is 43.2 Å². The van der Waals surface area contributed by atoms with Gasteiger partial charge in [-0.2, -0.15) is 0 Å². The summed E-state index contributed by atoms with van der Waals surface area (Å²) in [5.41, 5.74) is 2.76. The molecule has 0 unspecified atom stereocenters. The molecule has 2 heterocycles. The highest BCUT2D eigenvalue weighted by Gasteiger charge is 2.37. The van der Waals surface area contributed by atoms with E-state index in [0.29, 0.717) is 17.9 Å². The molecule has 0 spiro atoms. The van der Waals surface area contributed by atoms with Gasteiger partial charge in [0.2, 0.25) is 5.91 Å². The van der Waals surface area contributed by atoms with Crippen LogP contribution in [0.2, 0.25) is 0 Å². The zero-order valence-electron chi connectivity index (χ0n) is 12.4. The van der Waals surface area contributed by atoms with Gasteiger partial charge in [0.25, 0.3) is 0 Å². The first-order chi connectivity index (χ1) is 9.66. The van der Waals surface area contributed by atoms with Gasteiger partial charge in [-0.25, -0.2) is 0 Å². The molecule has 0 bridgehead atoms. The molecule has 20 heavy (non-hydrogen) atoms. The Hall–Kier alpha value is -1.35. The summed E-state index contributed by atoms with van der Waals surface area (Å²) in [7, 11) is 0. The van der Waals surface area contributed by atoms with Crippen LogP contribution in [0.5, 0.6) is 0 Å². The minimum atomic E-state index is 0.0630. The Labute approximate surface area is 121 Å². The van der Waals surface area contributed by atoms with Crippen molar-refractivity contribution >= 4 is 5.91 Å². The highest BCUT2D eigenvalue weighted by Crippen LogP contribution is 2.33. The minimum absolute atomic E-state index is 0.0630. The number of carbonyl (C=O) groups excluding carboxylic acids is 1. The van der Waals surface area contributed by atoms with Crippen LogP contribution < -0.4 is 5.32 Å². The molecule has 2 aliphatic heterocycles. The van der Waals surface area contributed by atoms with E-state index in [1.807, 2.05) is 0 Å². The zero-order chi connectivity index (χ0) is 14.1. The van der Waals surface area contributed by atoms with Crippen LogP contribution >= 0.6 is 0 Å². The number of nitrogens with one attached hydrogen (secondary N) is 1. The average Bonchev–Trinajstić information content (AvgIpc) is 3.08. The lowest BCUT2D eigenvalue weighted by Crippen LogP contribution is -2.45. The van der Waals surface area contributed by atoms with Gasteiger partial charge in [0, 0.05) is 18.5 Å². The third-order valence-electron chi connectivity index (χ3n) is 4.84. The lowest BCUT2D eigenvalue weighted by atomic mass is 9.93. The first-order valence-corrected chi connectivity index (χ1v) is 7.76. The van der Waals surface area contributed by atoms with Gasteiger partial charge in [-0.15, -0.1) is 0 Å². The van der Waals surface area contributed by atoms with Crippen molar-refractivity contribution in [2.45, 2.75) is 51.1 Å². The largest absolute Gasteiger partial charge is 0.338 e. The summed E-state index contributed by atoms with van der Waals surface area (Å²) in [5.74, 6) is 0.808. The molecule has 2 saturated heterocycles. The summed E-state index contributed by atoms with van der Waals surface area (Å²) in [6.45, 7) is 6.22. The summed E-state index contributed by atoms with van der Waals surface area (Å²) in [6.07, 6.45) is 3.21. The van der Waals surface area contributed by atoms with E-state index in [2.05, 4.69) is 48.3 Å². The van der Waals surface area contributed by atoms with E-state index in [-0.39, 0.29) is 6.04 Å². The summed E-state index contributed by atoms with van der Waals surface area (Å²) in [5, 5.41) is 3.33. The SMILES string of the molecule is Cc1ccccc1[C@@H]1C[C@H](C)N(C(=O)[C@@H]2CCCN2)C1. The van der Waals surface area contributed by atoms with Crippen molar-refractivity contribution in [2.75, 3.05) is 13.1 Å². The molecule has 0 aromatic heterocycles. The Morgan fingerprint density at radius 2 is 2.15 bits per heavy atom. The number of rotatable bonds is 2. The third-order valence-corrected chi connectivity index (χ3v) is 4.84. The van der Waals surface area contributed by atoms with Crippen molar-refractivity contribution in [3.8, 4) is 0 Å². The second-order valence-electron chi connectivity index (χ2n) is 6.28. The number of nitrogens with zero attached hydrogens (tertiary/aromatic N) is 1. The maximum atomic E-state index is 12.6. The van der Waals surface area contributed by atoms with Crippen molar-refractivity contribution in [2.24, 2.45) is 0 Å². The van der Waals surface area contributed by atoms with Gasteiger partial charge in [0.05, 0.1) is 6.04 Å². The lowest BCUT2D eigenvalue weighted by Gasteiger charge is -2.25. The van der Waals surface area contributed by atoms with E-state index >= 15 is 0 Å². The van der Waals surface area contributed by atoms with Crippen LogP contribution in [-0.4, -0.2) is 36.0 Å². The second-order valence-corrected chi connectivity index (χ2v) is 6.28. The van der Waals surface area contributed by atoms with Gasteiger partial charge < -0.3 is 10.2 Å². The first kappa shape index (κ1) is 13.6. The summed E-state index contributed by atoms with van der Waals surface area (Å²) in [4.78, 5) is 14.7. The molecular weight excluding hydrogens is 248 g/mol. The van der Waals surface area contributed by atoms with Crippen molar-refractivity contribution in [3.63, 3.8) is 0 Å². The van der Waals surface area contributed by atoms with E-state index in [1.54, 1.807) is 0 Å². The van der Waals surface area contributed by atoms with Crippen molar-refractivity contribution < 1.29 is 4.79 Å². The molecule has 2 aliphatic rings. The number of carbonyl (C=O) groups is 1. The van der Waals surface area contributed by atoms with E-state index in [9.17, 15) is 4.79 Å². The van der Waals surface area contributed by atoms with Crippen molar-refractivity contribution in [1.29, 1.82) is 0 Å². The van der Waals surface area contributed by atoms with Crippen LogP contribution in [0.25, 0.3) is 0 Å². The third kappa shape index (κ3) is 2.47. The number of hydrogen-bond acceptors (Lipinski definition) is 2. The van der Waals surface area contributed by atoms with Gasteiger partial charge in [-0.05, 0) is 50.8 Å². The van der Waals surface area contributed by atoms with E-state index in [0.717, 1.165) is 32.4 Å². The summed E-state index contributed by atoms with van der Waals surface area (Å²) < 4.78 is 0. The Balaban J connectivity index is 1.73.